The van der Waals surface area contributed by atoms with Crippen LogP contribution in [0.25, 0.3) is 11.0 Å². The lowest BCUT2D eigenvalue weighted by Gasteiger charge is -2.35. The van der Waals surface area contributed by atoms with Gasteiger partial charge in [-0.3, -0.25) is 9.78 Å². The van der Waals surface area contributed by atoms with Gasteiger partial charge >= 0.3 is 5.97 Å². The van der Waals surface area contributed by atoms with Crippen molar-refractivity contribution in [1.29, 1.82) is 0 Å². The number of esters is 1. The summed E-state index contributed by atoms with van der Waals surface area (Å²) in [6.07, 6.45) is 3.21. The molecule has 1 aliphatic heterocycles. The van der Waals surface area contributed by atoms with Gasteiger partial charge in [-0.15, -0.1) is 0 Å². The molecule has 0 unspecified atom stereocenters. The number of piperazine rings is 1. The summed E-state index contributed by atoms with van der Waals surface area (Å²) < 4.78 is 5.95. The van der Waals surface area contributed by atoms with Crippen LogP contribution in [-0.4, -0.2) is 64.5 Å². The maximum absolute atomic E-state index is 12.8. The van der Waals surface area contributed by atoms with Crippen LogP contribution in [0.5, 0.6) is 0 Å². The molecule has 9 heteroatoms. The molecule has 0 N–H and O–H groups in total. The molecule has 0 saturated carbocycles. The van der Waals surface area contributed by atoms with Crippen LogP contribution in [0.15, 0.2) is 47.2 Å². The smallest absolute Gasteiger partial charge is 0.360 e. The first kappa shape index (κ1) is 20.2. The second-order valence-electron chi connectivity index (χ2n) is 6.78. The van der Waals surface area contributed by atoms with Gasteiger partial charge < -0.3 is 14.5 Å². The Kier molecular flexibility index (Phi) is 5.89. The largest absolute Gasteiger partial charge is 0.461 e. The van der Waals surface area contributed by atoms with Gasteiger partial charge in [0.1, 0.15) is 0 Å². The number of benzene rings is 1. The molecule has 3 aromatic rings. The van der Waals surface area contributed by atoms with Crippen LogP contribution in [0.3, 0.4) is 0 Å². The van der Waals surface area contributed by atoms with Crippen molar-refractivity contribution >= 4 is 44.7 Å². The number of anilines is 1. The standard InChI is InChI=1S/C21H20BrN5O3/c1-2-30-21(29)18-19(25-17-6-4-3-5-16(17)24-18)26-7-9-27(10-8-26)20(28)14-11-15(22)13-23-12-14/h3-6,11-13H,2,7-10H2,1H3. The Morgan fingerprint density at radius 3 is 2.43 bits per heavy atom. The van der Waals surface area contributed by atoms with Gasteiger partial charge in [0.15, 0.2) is 11.5 Å². The van der Waals surface area contributed by atoms with Crippen LogP contribution in [0.4, 0.5) is 5.82 Å². The Morgan fingerprint density at radius 2 is 1.77 bits per heavy atom. The summed E-state index contributed by atoms with van der Waals surface area (Å²) in [6, 6.07) is 9.17. The first-order chi connectivity index (χ1) is 14.6. The average Bonchev–Trinajstić information content (AvgIpc) is 2.78. The molecule has 30 heavy (non-hydrogen) atoms. The lowest BCUT2D eigenvalue weighted by molar-refractivity contribution is 0.0519. The van der Waals surface area contributed by atoms with Crippen molar-refractivity contribution in [3.05, 3.63) is 58.5 Å². The van der Waals surface area contributed by atoms with Gasteiger partial charge in [-0.2, -0.15) is 0 Å². The fraction of sp³-hybridized carbons (Fsp3) is 0.286. The van der Waals surface area contributed by atoms with Gasteiger partial charge in [0.2, 0.25) is 0 Å². The van der Waals surface area contributed by atoms with Gasteiger partial charge in [0.05, 0.1) is 23.2 Å². The summed E-state index contributed by atoms with van der Waals surface area (Å²) in [4.78, 5) is 42.3. The van der Waals surface area contributed by atoms with Crippen LogP contribution >= 0.6 is 15.9 Å². The molecule has 154 valence electrons. The Bertz CT molecular complexity index is 1100. The number of carbonyl (C=O) groups excluding carboxylic acids is 2. The van der Waals surface area contributed by atoms with Crippen LogP contribution in [-0.2, 0) is 4.74 Å². The average molecular weight is 470 g/mol. The number of para-hydroxylation sites is 2. The third-order valence-electron chi connectivity index (χ3n) is 4.84. The molecule has 0 bridgehead atoms. The predicted octanol–water partition coefficient (Wildman–Crippen LogP) is 2.93. The van der Waals surface area contributed by atoms with E-state index in [1.165, 1.54) is 0 Å². The topological polar surface area (TPSA) is 88.5 Å². The third-order valence-corrected chi connectivity index (χ3v) is 5.27. The number of rotatable bonds is 4. The molecule has 4 rings (SSSR count). The molecule has 3 heterocycles. The van der Waals surface area contributed by atoms with Gasteiger partial charge in [-0.05, 0) is 41.1 Å². The van der Waals surface area contributed by atoms with Gasteiger partial charge in [-0.25, -0.2) is 14.8 Å². The molecule has 0 aliphatic carbocycles. The van der Waals surface area contributed by atoms with Gasteiger partial charge in [0.25, 0.3) is 5.91 Å². The summed E-state index contributed by atoms with van der Waals surface area (Å²) in [5.74, 6) is -0.0773. The summed E-state index contributed by atoms with van der Waals surface area (Å²) in [6.45, 7) is 4.09. The number of pyridine rings is 1. The predicted molar refractivity (Wildman–Crippen MR) is 116 cm³/mol. The fourth-order valence-corrected chi connectivity index (χ4v) is 3.75. The van der Waals surface area contributed by atoms with Gasteiger partial charge in [-0.1, -0.05) is 12.1 Å². The number of hydrogen-bond acceptors (Lipinski definition) is 7. The van der Waals surface area contributed by atoms with Crippen LogP contribution in [0.2, 0.25) is 0 Å². The number of fused-ring (bicyclic) bond motifs is 1. The zero-order valence-electron chi connectivity index (χ0n) is 16.4. The summed E-state index contributed by atoms with van der Waals surface area (Å²) in [5, 5.41) is 0. The Morgan fingerprint density at radius 1 is 1.07 bits per heavy atom. The lowest BCUT2D eigenvalue weighted by atomic mass is 10.2. The highest BCUT2D eigenvalue weighted by Crippen LogP contribution is 2.23. The number of halogens is 1. The third kappa shape index (κ3) is 4.11. The molecular weight excluding hydrogens is 450 g/mol. The molecule has 1 fully saturated rings. The number of aromatic nitrogens is 3. The normalized spacial score (nSPS) is 14.1. The Balaban J connectivity index is 1.57. The summed E-state index contributed by atoms with van der Waals surface area (Å²) >= 11 is 3.35. The quantitative estimate of drug-likeness (QED) is 0.542. The maximum atomic E-state index is 12.8. The van der Waals surface area contributed by atoms with Crippen LogP contribution in [0.1, 0.15) is 27.8 Å². The van der Waals surface area contributed by atoms with E-state index in [0.717, 1.165) is 4.47 Å². The zero-order chi connectivity index (χ0) is 21.1. The van der Waals surface area contributed by atoms with E-state index >= 15 is 0 Å². The molecule has 1 amide bonds. The highest BCUT2D eigenvalue weighted by Gasteiger charge is 2.27. The summed E-state index contributed by atoms with van der Waals surface area (Å²) in [5.41, 5.74) is 2.08. The number of ether oxygens (including phenoxy) is 1. The molecular formula is C21H20BrN5O3. The minimum atomic E-state index is -0.496. The minimum Gasteiger partial charge on any atom is -0.461 e. The van der Waals surface area contributed by atoms with Crippen molar-refractivity contribution in [3.63, 3.8) is 0 Å². The van der Waals surface area contributed by atoms with E-state index in [1.54, 1.807) is 30.3 Å². The molecule has 1 saturated heterocycles. The van der Waals surface area contributed by atoms with E-state index in [2.05, 4.69) is 30.9 Å². The van der Waals surface area contributed by atoms with Crippen LogP contribution in [0, 0.1) is 0 Å². The van der Waals surface area contributed by atoms with E-state index in [9.17, 15) is 9.59 Å². The van der Waals surface area contributed by atoms with Crippen molar-refractivity contribution in [2.45, 2.75) is 6.92 Å². The maximum Gasteiger partial charge on any atom is 0.360 e. The van der Waals surface area contributed by atoms with Crippen molar-refractivity contribution in [3.8, 4) is 0 Å². The Labute approximate surface area is 182 Å². The molecule has 0 spiro atoms. The number of amides is 1. The molecule has 0 atom stereocenters. The van der Waals surface area contributed by atoms with E-state index in [0.29, 0.717) is 48.6 Å². The second-order valence-corrected chi connectivity index (χ2v) is 7.69. The molecule has 1 aliphatic rings. The summed E-state index contributed by atoms with van der Waals surface area (Å²) in [7, 11) is 0. The number of nitrogens with zero attached hydrogens (tertiary/aromatic N) is 5. The van der Waals surface area contributed by atoms with E-state index in [4.69, 9.17) is 4.74 Å². The molecule has 0 radical (unpaired) electrons. The van der Waals surface area contributed by atoms with E-state index in [1.807, 2.05) is 29.2 Å². The minimum absolute atomic E-state index is 0.0707. The van der Waals surface area contributed by atoms with Crippen molar-refractivity contribution in [2.24, 2.45) is 0 Å². The number of hydrogen-bond donors (Lipinski definition) is 0. The fourth-order valence-electron chi connectivity index (χ4n) is 3.38. The van der Waals surface area contributed by atoms with Crippen LogP contribution < -0.4 is 4.90 Å². The zero-order valence-corrected chi connectivity index (χ0v) is 18.0. The van der Waals surface area contributed by atoms with Crippen molar-refractivity contribution in [1.82, 2.24) is 19.9 Å². The Hall–Kier alpha value is -3.07. The highest BCUT2D eigenvalue weighted by molar-refractivity contribution is 9.10. The molecule has 2 aromatic heterocycles. The van der Waals surface area contributed by atoms with Crippen molar-refractivity contribution < 1.29 is 14.3 Å². The first-order valence-electron chi connectivity index (χ1n) is 9.65. The van der Waals surface area contributed by atoms with Gasteiger partial charge in [0, 0.05) is 43.0 Å². The monoisotopic (exact) mass is 469 g/mol. The molecule has 1 aromatic carbocycles. The van der Waals surface area contributed by atoms with Crippen molar-refractivity contribution in [2.75, 3.05) is 37.7 Å². The highest BCUT2D eigenvalue weighted by atomic mass is 79.9. The SMILES string of the molecule is CCOC(=O)c1nc2ccccc2nc1N1CCN(C(=O)c2cncc(Br)c2)CC1. The lowest BCUT2D eigenvalue weighted by Crippen LogP contribution is -2.49. The van der Waals surface area contributed by atoms with E-state index in [-0.39, 0.29) is 18.2 Å². The second kappa shape index (κ2) is 8.74. The first-order valence-corrected chi connectivity index (χ1v) is 10.4. The van der Waals surface area contributed by atoms with E-state index < -0.39 is 5.97 Å². The molecule has 8 nitrogen and oxygen atoms in total. The number of carbonyl (C=O) groups is 2.